The van der Waals surface area contributed by atoms with Crippen LogP contribution in [0.5, 0.6) is 0 Å². The Bertz CT molecular complexity index is 428. The molecular formula is C16H20O. The molecule has 0 N–H and O–H groups in total. The fourth-order valence-electron chi connectivity index (χ4n) is 2.49. The van der Waals surface area contributed by atoms with Crippen LogP contribution < -0.4 is 0 Å². The summed E-state index contributed by atoms with van der Waals surface area (Å²) in [4.78, 5) is 11.0. The van der Waals surface area contributed by atoms with Gasteiger partial charge >= 0.3 is 0 Å². The first kappa shape index (κ1) is 12.1. The van der Waals surface area contributed by atoms with Crippen LogP contribution in [0.3, 0.4) is 0 Å². The Kier molecular flexibility index (Phi) is 3.78. The summed E-state index contributed by atoms with van der Waals surface area (Å²) >= 11 is 0. The minimum atomic E-state index is 0.718. The van der Waals surface area contributed by atoms with E-state index >= 15 is 0 Å². The molecule has 0 spiro atoms. The van der Waals surface area contributed by atoms with Gasteiger partial charge in [-0.2, -0.15) is 0 Å². The molecular weight excluding hydrogens is 208 g/mol. The third-order valence-corrected chi connectivity index (χ3v) is 3.66. The highest BCUT2D eigenvalue weighted by atomic mass is 16.1. The fraction of sp³-hybridized carbons (Fsp3) is 0.438. The molecule has 0 aromatic heterocycles. The maximum Gasteiger partial charge on any atom is 0.146 e. The Hall–Kier alpha value is -1.37. The molecule has 17 heavy (non-hydrogen) atoms. The van der Waals surface area contributed by atoms with Crippen molar-refractivity contribution in [2.75, 3.05) is 0 Å². The summed E-state index contributed by atoms with van der Waals surface area (Å²) in [5.41, 5.74) is 4.80. The Morgan fingerprint density at radius 2 is 2.29 bits per heavy atom. The summed E-state index contributed by atoms with van der Waals surface area (Å²) in [5, 5.41) is 0. The third kappa shape index (κ3) is 2.85. The minimum Gasteiger partial charge on any atom is -0.298 e. The van der Waals surface area contributed by atoms with Crippen LogP contribution >= 0.6 is 0 Å². The first-order valence-corrected chi connectivity index (χ1v) is 6.39. The second-order valence-corrected chi connectivity index (χ2v) is 5.16. The van der Waals surface area contributed by atoms with Gasteiger partial charge in [-0.15, -0.1) is 0 Å². The predicted octanol–water partition coefficient (Wildman–Crippen LogP) is 4.13. The minimum absolute atomic E-state index is 0.718. The zero-order chi connectivity index (χ0) is 12.3. The molecule has 0 bridgehead atoms. The maximum absolute atomic E-state index is 11.0. The number of fused-ring (bicyclic) bond motifs is 1. The van der Waals surface area contributed by atoms with Crippen LogP contribution in [0, 0.1) is 5.92 Å². The van der Waals surface area contributed by atoms with Crippen LogP contribution in [-0.4, -0.2) is 6.29 Å². The maximum atomic E-state index is 11.0. The van der Waals surface area contributed by atoms with E-state index in [2.05, 4.69) is 24.3 Å². The Morgan fingerprint density at radius 1 is 1.47 bits per heavy atom. The van der Waals surface area contributed by atoms with Crippen molar-refractivity contribution in [2.24, 2.45) is 5.92 Å². The number of hydrogen-bond donors (Lipinski definition) is 0. The number of rotatable bonds is 3. The van der Waals surface area contributed by atoms with Gasteiger partial charge in [-0.05, 0) is 55.7 Å². The molecule has 0 aromatic carbocycles. The van der Waals surface area contributed by atoms with E-state index in [1.54, 1.807) is 0 Å². The number of allylic oxidation sites excluding steroid dienone is 8. The molecule has 1 heteroatoms. The van der Waals surface area contributed by atoms with E-state index in [4.69, 9.17) is 0 Å². The number of carbonyl (C=O) groups excluding carboxylic acids is 1. The number of hydrogen-bond acceptors (Lipinski definition) is 1. The summed E-state index contributed by atoms with van der Waals surface area (Å²) in [7, 11) is 0. The van der Waals surface area contributed by atoms with Gasteiger partial charge in [-0.25, -0.2) is 0 Å². The molecule has 0 saturated heterocycles. The van der Waals surface area contributed by atoms with Crippen LogP contribution in [0.25, 0.3) is 0 Å². The SMILES string of the molecule is CC(C)=C(C=O)CC1=CCC2CCC=CC2=C1. The van der Waals surface area contributed by atoms with Gasteiger partial charge in [0.15, 0.2) is 0 Å². The monoisotopic (exact) mass is 228 g/mol. The van der Waals surface area contributed by atoms with Crippen LogP contribution in [0.15, 0.2) is 46.6 Å². The van der Waals surface area contributed by atoms with E-state index < -0.39 is 0 Å². The summed E-state index contributed by atoms with van der Waals surface area (Å²) in [5.74, 6) is 0.718. The normalized spacial score (nSPS) is 22.4. The summed E-state index contributed by atoms with van der Waals surface area (Å²) < 4.78 is 0. The van der Waals surface area contributed by atoms with E-state index in [-0.39, 0.29) is 0 Å². The lowest BCUT2D eigenvalue weighted by atomic mass is 9.81. The second-order valence-electron chi connectivity index (χ2n) is 5.16. The van der Waals surface area contributed by atoms with Crippen LogP contribution in [0.1, 0.15) is 39.5 Å². The molecule has 1 atom stereocenters. The highest BCUT2D eigenvalue weighted by molar-refractivity contribution is 5.75. The molecule has 2 aliphatic carbocycles. The van der Waals surface area contributed by atoms with Gasteiger partial charge in [0, 0.05) is 6.42 Å². The van der Waals surface area contributed by atoms with Gasteiger partial charge in [0.05, 0.1) is 0 Å². The van der Waals surface area contributed by atoms with Crippen molar-refractivity contribution in [3.8, 4) is 0 Å². The molecule has 1 nitrogen and oxygen atoms in total. The zero-order valence-electron chi connectivity index (χ0n) is 10.7. The first-order chi connectivity index (χ1) is 8.20. The molecule has 0 fully saturated rings. The summed E-state index contributed by atoms with van der Waals surface area (Å²) in [6, 6.07) is 0. The molecule has 90 valence electrons. The van der Waals surface area contributed by atoms with Crippen molar-refractivity contribution in [1.82, 2.24) is 0 Å². The first-order valence-electron chi connectivity index (χ1n) is 6.39. The number of carbonyl (C=O) groups is 1. The average molecular weight is 228 g/mol. The molecule has 0 aliphatic heterocycles. The molecule has 2 aliphatic rings. The molecule has 2 rings (SSSR count). The third-order valence-electron chi connectivity index (χ3n) is 3.66. The van der Waals surface area contributed by atoms with E-state index in [0.29, 0.717) is 0 Å². The van der Waals surface area contributed by atoms with E-state index in [0.717, 1.165) is 36.2 Å². The molecule has 0 saturated carbocycles. The Morgan fingerprint density at radius 3 is 3.00 bits per heavy atom. The molecule has 0 aromatic rings. The highest BCUT2D eigenvalue weighted by Gasteiger charge is 2.18. The lowest BCUT2D eigenvalue weighted by Crippen LogP contribution is -2.09. The van der Waals surface area contributed by atoms with Crippen molar-refractivity contribution in [2.45, 2.75) is 39.5 Å². The van der Waals surface area contributed by atoms with Gasteiger partial charge < -0.3 is 0 Å². The van der Waals surface area contributed by atoms with E-state index in [1.165, 1.54) is 24.0 Å². The van der Waals surface area contributed by atoms with Crippen LogP contribution in [0.2, 0.25) is 0 Å². The Labute approximate surface area is 104 Å². The fourth-order valence-corrected chi connectivity index (χ4v) is 2.49. The van der Waals surface area contributed by atoms with E-state index in [1.807, 2.05) is 13.8 Å². The molecule has 0 amide bonds. The number of aldehydes is 1. The van der Waals surface area contributed by atoms with Crippen molar-refractivity contribution in [3.63, 3.8) is 0 Å². The lowest BCUT2D eigenvalue weighted by Gasteiger charge is -2.24. The molecule has 0 radical (unpaired) electrons. The zero-order valence-corrected chi connectivity index (χ0v) is 10.7. The van der Waals surface area contributed by atoms with Gasteiger partial charge in [0.25, 0.3) is 0 Å². The van der Waals surface area contributed by atoms with Crippen molar-refractivity contribution >= 4 is 6.29 Å². The van der Waals surface area contributed by atoms with Crippen LogP contribution in [-0.2, 0) is 4.79 Å². The highest BCUT2D eigenvalue weighted by Crippen LogP contribution is 2.33. The summed E-state index contributed by atoms with van der Waals surface area (Å²) in [6.45, 7) is 4.01. The topological polar surface area (TPSA) is 17.1 Å². The lowest BCUT2D eigenvalue weighted by molar-refractivity contribution is -0.105. The van der Waals surface area contributed by atoms with Crippen molar-refractivity contribution in [1.29, 1.82) is 0 Å². The average Bonchev–Trinajstić information content (AvgIpc) is 2.35. The van der Waals surface area contributed by atoms with Crippen LogP contribution in [0.4, 0.5) is 0 Å². The van der Waals surface area contributed by atoms with Gasteiger partial charge in [-0.3, -0.25) is 4.79 Å². The smallest absolute Gasteiger partial charge is 0.146 e. The predicted molar refractivity (Wildman–Crippen MR) is 71.7 cm³/mol. The van der Waals surface area contributed by atoms with Gasteiger partial charge in [0.1, 0.15) is 6.29 Å². The largest absolute Gasteiger partial charge is 0.298 e. The van der Waals surface area contributed by atoms with Crippen molar-refractivity contribution < 1.29 is 4.79 Å². The molecule has 1 unspecified atom stereocenters. The summed E-state index contributed by atoms with van der Waals surface area (Å²) in [6.07, 6.45) is 14.5. The second kappa shape index (κ2) is 5.31. The quantitative estimate of drug-likeness (QED) is 0.524. The van der Waals surface area contributed by atoms with Crippen molar-refractivity contribution in [3.05, 3.63) is 46.6 Å². The van der Waals surface area contributed by atoms with Gasteiger partial charge in [-0.1, -0.05) is 29.9 Å². The standard InChI is InChI=1S/C16H20O/c1-12(2)16(11-17)10-13-7-8-14-5-3-4-6-15(14)9-13/h4,6-7,9,11,14H,3,5,8,10H2,1-2H3. The Balaban J connectivity index is 2.14. The van der Waals surface area contributed by atoms with Gasteiger partial charge in [0.2, 0.25) is 0 Å². The van der Waals surface area contributed by atoms with E-state index in [9.17, 15) is 4.79 Å². The molecule has 0 heterocycles.